The molecule has 1 atom stereocenters. The van der Waals surface area contributed by atoms with Crippen LogP contribution >= 0.6 is 0 Å². The molecule has 0 unspecified atom stereocenters. The standard InChI is InChI=1S/C23H24FN3O4/c1-3-12-31-22(29)14-18(16-9-5-4-8-15(16)2)25-23(30)19-13-21(28)27(26-19)20-11-7-6-10-17(20)24/h4-11,13,18,28H,3,12,14H2,1-2H3,(H,25,30)/t18-/m0/s1. The van der Waals surface area contributed by atoms with Crippen LogP contribution in [0.3, 0.4) is 0 Å². The Balaban J connectivity index is 1.85. The van der Waals surface area contributed by atoms with Gasteiger partial charge in [-0.15, -0.1) is 0 Å². The Hall–Kier alpha value is -3.68. The lowest BCUT2D eigenvalue weighted by molar-refractivity contribution is -0.144. The van der Waals surface area contributed by atoms with Crippen LogP contribution < -0.4 is 5.32 Å². The highest BCUT2D eigenvalue weighted by Crippen LogP contribution is 2.24. The number of aromatic hydroxyl groups is 1. The molecule has 0 aliphatic rings. The molecule has 1 heterocycles. The predicted octanol–water partition coefficient (Wildman–Crippen LogP) is 3.84. The van der Waals surface area contributed by atoms with E-state index in [4.69, 9.17) is 4.74 Å². The maximum Gasteiger partial charge on any atom is 0.308 e. The summed E-state index contributed by atoms with van der Waals surface area (Å²) in [6.07, 6.45) is 0.635. The van der Waals surface area contributed by atoms with Crippen molar-refractivity contribution in [2.75, 3.05) is 6.61 Å². The summed E-state index contributed by atoms with van der Waals surface area (Å²) in [5.41, 5.74) is 1.57. The summed E-state index contributed by atoms with van der Waals surface area (Å²) in [6, 6.07) is 13.6. The Morgan fingerprint density at radius 2 is 1.90 bits per heavy atom. The van der Waals surface area contributed by atoms with Gasteiger partial charge in [-0.2, -0.15) is 9.78 Å². The zero-order valence-corrected chi connectivity index (χ0v) is 17.3. The number of aryl methyl sites for hydroxylation is 1. The fraction of sp³-hybridized carbons (Fsp3) is 0.261. The SMILES string of the molecule is CCCOC(=O)C[C@H](NC(=O)c1cc(O)n(-c2ccccc2F)n1)c1ccccc1C. The van der Waals surface area contributed by atoms with Crippen molar-refractivity contribution in [1.82, 2.24) is 15.1 Å². The van der Waals surface area contributed by atoms with Crippen molar-refractivity contribution in [1.29, 1.82) is 0 Å². The molecule has 1 aromatic heterocycles. The van der Waals surface area contributed by atoms with Crippen LogP contribution in [0.15, 0.2) is 54.6 Å². The quantitative estimate of drug-likeness (QED) is 0.535. The molecular weight excluding hydrogens is 401 g/mol. The molecule has 0 aliphatic heterocycles. The summed E-state index contributed by atoms with van der Waals surface area (Å²) < 4.78 is 20.2. The maximum atomic E-state index is 14.1. The number of hydrogen-bond acceptors (Lipinski definition) is 5. The van der Waals surface area contributed by atoms with E-state index in [0.717, 1.165) is 21.9 Å². The van der Waals surface area contributed by atoms with Gasteiger partial charge < -0.3 is 15.2 Å². The molecule has 0 aliphatic carbocycles. The van der Waals surface area contributed by atoms with Crippen molar-refractivity contribution in [3.8, 4) is 11.6 Å². The van der Waals surface area contributed by atoms with E-state index >= 15 is 0 Å². The van der Waals surface area contributed by atoms with Crippen LogP contribution in [0.5, 0.6) is 5.88 Å². The van der Waals surface area contributed by atoms with E-state index in [1.165, 1.54) is 18.2 Å². The number of nitrogens with zero attached hydrogens (tertiary/aromatic N) is 2. The summed E-state index contributed by atoms with van der Waals surface area (Å²) in [7, 11) is 0. The molecule has 2 N–H and O–H groups in total. The van der Waals surface area contributed by atoms with Gasteiger partial charge in [-0.3, -0.25) is 9.59 Å². The van der Waals surface area contributed by atoms with Gasteiger partial charge in [0.15, 0.2) is 5.69 Å². The van der Waals surface area contributed by atoms with Crippen molar-refractivity contribution in [2.45, 2.75) is 32.7 Å². The Labute approximate surface area is 179 Å². The van der Waals surface area contributed by atoms with Crippen LogP contribution in [0.4, 0.5) is 4.39 Å². The summed E-state index contributed by atoms with van der Waals surface area (Å²) >= 11 is 0. The van der Waals surface area contributed by atoms with Crippen LogP contribution in [-0.4, -0.2) is 33.4 Å². The lowest BCUT2D eigenvalue weighted by Gasteiger charge is -2.20. The maximum absolute atomic E-state index is 14.1. The largest absolute Gasteiger partial charge is 0.493 e. The molecule has 1 amide bonds. The van der Waals surface area contributed by atoms with E-state index in [1.54, 1.807) is 6.07 Å². The van der Waals surface area contributed by atoms with Crippen LogP contribution in [0.1, 0.15) is 47.4 Å². The molecule has 0 saturated heterocycles. The summed E-state index contributed by atoms with van der Waals surface area (Å²) in [5, 5.41) is 17.0. The van der Waals surface area contributed by atoms with E-state index < -0.39 is 23.7 Å². The summed E-state index contributed by atoms with van der Waals surface area (Å²) in [6.45, 7) is 4.07. The fourth-order valence-corrected chi connectivity index (χ4v) is 3.17. The number of ether oxygens (including phenoxy) is 1. The number of para-hydroxylation sites is 1. The number of carbonyl (C=O) groups is 2. The van der Waals surface area contributed by atoms with Gasteiger partial charge in [0.25, 0.3) is 5.91 Å². The second-order valence-corrected chi connectivity index (χ2v) is 7.06. The first-order chi connectivity index (χ1) is 14.9. The first-order valence-electron chi connectivity index (χ1n) is 9.96. The first-order valence-corrected chi connectivity index (χ1v) is 9.96. The van der Waals surface area contributed by atoms with Gasteiger partial charge in [-0.05, 0) is 36.6 Å². The van der Waals surface area contributed by atoms with Crippen molar-refractivity contribution in [3.05, 3.63) is 77.2 Å². The molecule has 0 spiro atoms. The number of nitrogens with one attached hydrogen (secondary N) is 1. The van der Waals surface area contributed by atoms with Gasteiger partial charge in [0, 0.05) is 6.07 Å². The number of carbonyl (C=O) groups excluding carboxylic acids is 2. The van der Waals surface area contributed by atoms with Crippen molar-refractivity contribution in [3.63, 3.8) is 0 Å². The Morgan fingerprint density at radius 3 is 2.61 bits per heavy atom. The normalized spacial score (nSPS) is 11.7. The Kier molecular flexibility index (Phi) is 7.02. The summed E-state index contributed by atoms with van der Waals surface area (Å²) in [4.78, 5) is 25.1. The smallest absolute Gasteiger partial charge is 0.308 e. The van der Waals surface area contributed by atoms with Crippen molar-refractivity contribution < 1.29 is 23.8 Å². The Bertz CT molecular complexity index is 1080. The number of halogens is 1. The van der Waals surface area contributed by atoms with Crippen molar-refractivity contribution >= 4 is 11.9 Å². The Morgan fingerprint density at radius 1 is 1.19 bits per heavy atom. The molecule has 8 heteroatoms. The minimum atomic E-state index is -0.654. The lowest BCUT2D eigenvalue weighted by atomic mass is 9.98. The highest BCUT2D eigenvalue weighted by atomic mass is 19.1. The molecule has 0 radical (unpaired) electrons. The van der Waals surface area contributed by atoms with E-state index in [9.17, 15) is 19.1 Å². The van der Waals surface area contributed by atoms with E-state index in [-0.39, 0.29) is 23.7 Å². The minimum Gasteiger partial charge on any atom is -0.493 e. The molecule has 7 nitrogen and oxygen atoms in total. The fourth-order valence-electron chi connectivity index (χ4n) is 3.17. The lowest BCUT2D eigenvalue weighted by Crippen LogP contribution is -2.31. The van der Waals surface area contributed by atoms with Gasteiger partial charge in [-0.1, -0.05) is 43.3 Å². The molecule has 3 aromatic rings. The molecule has 31 heavy (non-hydrogen) atoms. The first kappa shape index (κ1) is 22.0. The van der Waals surface area contributed by atoms with Gasteiger partial charge >= 0.3 is 5.97 Å². The van der Waals surface area contributed by atoms with Gasteiger partial charge in [0.1, 0.15) is 11.5 Å². The zero-order chi connectivity index (χ0) is 22.4. The topological polar surface area (TPSA) is 93.5 Å². The molecule has 3 rings (SSSR count). The molecular formula is C23H24FN3O4. The number of esters is 1. The van der Waals surface area contributed by atoms with E-state index in [1.807, 2.05) is 38.1 Å². The highest BCUT2D eigenvalue weighted by Gasteiger charge is 2.24. The third-order valence-electron chi connectivity index (χ3n) is 4.71. The second kappa shape index (κ2) is 9.88. The minimum absolute atomic E-state index is 0.0117. The number of hydrogen-bond donors (Lipinski definition) is 2. The van der Waals surface area contributed by atoms with Crippen LogP contribution in [0.2, 0.25) is 0 Å². The molecule has 0 fully saturated rings. The average Bonchev–Trinajstić information content (AvgIpc) is 3.14. The number of rotatable bonds is 8. The predicted molar refractivity (Wildman–Crippen MR) is 112 cm³/mol. The van der Waals surface area contributed by atoms with Gasteiger partial charge in [-0.25, -0.2) is 4.39 Å². The van der Waals surface area contributed by atoms with E-state index in [2.05, 4.69) is 10.4 Å². The van der Waals surface area contributed by atoms with Crippen molar-refractivity contribution in [2.24, 2.45) is 0 Å². The van der Waals surface area contributed by atoms with Crippen LogP contribution in [-0.2, 0) is 9.53 Å². The van der Waals surface area contributed by atoms with E-state index in [0.29, 0.717) is 13.0 Å². The molecule has 0 bridgehead atoms. The molecule has 0 saturated carbocycles. The third kappa shape index (κ3) is 5.28. The molecule has 162 valence electrons. The number of benzene rings is 2. The van der Waals surface area contributed by atoms with Gasteiger partial charge in [0.2, 0.25) is 5.88 Å². The summed E-state index contributed by atoms with van der Waals surface area (Å²) in [5.74, 6) is -2.02. The monoisotopic (exact) mass is 425 g/mol. The average molecular weight is 425 g/mol. The second-order valence-electron chi connectivity index (χ2n) is 7.06. The molecule has 2 aromatic carbocycles. The van der Waals surface area contributed by atoms with Crippen LogP contribution in [0.25, 0.3) is 5.69 Å². The van der Waals surface area contributed by atoms with Gasteiger partial charge in [0.05, 0.1) is 19.1 Å². The van der Waals surface area contributed by atoms with Crippen LogP contribution in [0, 0.1) is 12.7 Å². The third-order valence-corrected chi connectivity index (χ3v) is 4.71. The number of aromatic nitrogens is 2. The highest BCUT2D eigenvalue weighted by molar-refractivity contribution is 5.93. The zero-order valence-electron chi connectivity index (χ0n) is 17.3. The number of amides is 1.